The lowest BCUT2D eigenvalue weighted by atomic mass is 9.96. The molecule has 1 fully saturated rings. The van der Waals surface area contributed by atoms with Crippen molar-refractivity contribution in [2.75, 3.05) is 23.3 Å². The van der Waals surface area contributed by atoms with Gasteiger partial charge in [0.05, 0.1) is 6.20 Å². The minimum absolute atomic E-state index is 0.266. The lowest BCUT2D eigenvalue weighted by Gasteiger charge is -2.33. The van der Waals surface area contributed by atoms with Crippen molar-refractivity contribution in [3.05, 3.63) is 24.1 Å². The first kappa shape index (κ1) is 11.8. The van der Waals surface area contributed by atoms with Crippen LogP contribution in [-0.4, -0.2) is 23.4 Å². The van der Waals surface area contributed by atoms with Crippen LogP contribution in [0.25, 0.3) is 0 Å². The molecular formula is C12H16BrFN2. The zero-order valence-corrected chi connectivity index (χ0v) is 10.8. The monoisotopic (exact) mass is 286 g/mol. The molecule has 88 valence electrons. The summed E-state index contributed by atoms with van der Waals surface area (Å²) in [5.74, 6) is 1.37. The Bertz CT molecular complexity index is 326. The summed E-state index contributed by atoms with van der Waals surface area (Å²) in [4.78, 5) is 6.40. The van der Waals surface area contributed by atoms with E-state index < -0.39 is 0 Å². The number of nitrogens with zero attached hydrogens (tertiary/aromatic N) is 2. The number of alkyl halides is 1. The highest BCUT2D eigenvalue weighted by molar-refractivity contribution is 9.09. The molecule has 0 spiro atoms. The summed E-state index contributed by atoms with van der Waals surface area (Å²) in [5, 5.41) is 1.06. The topological polar surface area (TPSA) is 16.1 Å². The molecule has 1 aromatic rings. The molecule has 0 bridgehead atoms. The molecule has 4 heteroatoms. The first-order chi connectivity index (χ1) is 7.79. The van der Waals surface area contributed by atoms with E-state index in [1.165, 1.54) is 31.5 Å². The predicted molar refractivity (Wildman–Crippen MR) is 67.5 cm³/mol. The molecule has 1 atom stereocenters. The summed E-state index contributed by atoms with van der Waals surface area (Å²) in [6.45, 7) is 2.08. The maximum atomic E-state index is 12.8. The molecule has 2 nitrogen and oxygen atoms in total. The third-order valence-electron chi connectivity index (χ3n) is 3.07. The quantitative estimate of drug-likeness (QED) is 0.793. The van der Waals surface area contributed by atoms with Gasteiger partial charge in [-0.05, 0) is 37.3 Å². The number of halogens is 2. The number of hydrogen-bond acceptors (Lipinski definition) is 2. The third-order valence-corrected chi connectivity index (χ3v) is 3.53. The molecule has 2 rings (SSSR count). The van der Waals surface area contributed by atoms with Crippen molar-refractivity contribution in [3.8, 4) is 0 Å². The van der Waals surface area contributed by atoms with E-state index in [4.69, 9.17) is 0 Å². The van der Waals surface area contributed by atoms with Gasteiger partial charge < -0.3 is 4.90 Å². The molecule has 1 aromatic heterocycles. The van der Waals surface area contributed by atoms with E-state index in [9.17, 15) is 4.39 Å². The summed E-state index contributed by atoms with van der Waals surface area (Å²) >= 11 is 3.49. The molecule has 0 radical (unpaired) electrons. The Balaban J connectivity index is 2.01. The minimum Gasteiger partial charge on any atom is -0.356 e. The van der Waals surface area contributed by atoms with Gasteiger partial charge in [0.2, 0.25) is 0 Å². The van der Waals surface area contributed by atoms with E-state index in [0.29, 0.717) is 0 Å². The molecule has 2 heterocycles. The first-order valence-electron chi connectivity index (χ1n) is 5.72. The average molecular weight is 287 g/mol. The van der Waals surface area contributed by atoms with Gasteiger partial charge in [0.15, 0.2) is 0 Å². The van der Waals surface area contributed by atoms with Crippen LogP contribution < -0.4 is 4.90 Å². The van der Waals surface area contributed by atoms with Gasteiger partial charge >= 0.3 is 0 Å². The Morgan fingerprint density at radius 3 is 3.06 bits per heavy atom. The largest absolute Gasteiger partial charge is 0.356 e. The highest BCUT2D eigenvalue weighted by atomic mass is 79.9. The summed E-state index contributed by atoms with van der Waals surface area (Å²) in [5.41, 5.74) is 0. The third kappa shape index (κ3) is 2.94. The smallest absolute Gasteiger partial charge is 0.141 e. The summed E-state index contributed by atoms with van der Waals surface area (Å²) in [6, 6.07) is 3.25. The van der Waals surface area contributed by atoms with Crippen LogP contribution in [0, 0.1) is 11.7 Å². The van der Waals surface area contributed by atoms with Gasteiger partial charge in [-0.25, -0.2) is 9.37 Å². The van der Waals surface area contributed by atoms with E-state index in [1.807, 2.05) is 0 Å². The molecule has 1 aliphatic rings. The average Bonchev–Trinajstić information content (AvgIpc) is 2.31. The fourth-order valence-electron chi connectivity index (χ4n) is 2.22. The van der Waals surface area contributed by atoms with Crippen molar-refractivity contribution in [3.63, 3.8) is 0 Å². The van der Waals surface area contributed by atoms with Gasteiger partial charge in [0, 0.05) is 18.4 Å². The van der Waals surface area contributed by atoms with Crippen molar-refractivity contribution in [2.45, 2.75) is 19.3 Å². The van der Waals surface area contributed by atoms with Gasteiger partial charge in [-0.2, -0.15) is 0 Å². The minimum atomic E-state index is -0.266. The van der Waals surface area contributed by atoms with Crippen molar-refractivity contribution in [1.82, 2.24) is 4.98 Å². The SMILES string of the molecule is Fc1ccc(N2CCCC(CCBr)C2)nc1. The number of piperidine rings is 1. The van der Waals surface area contributed by atoms with Crippen LogP contribution in [0.5, 0.6) is 0 Å². The van der Waals surface area contributed by atoms with Crippen molar-refractivity contribution < 1.29 is 4.39 Å². The predicted octanol–water partition coefficient (Wildman–Crippen LogP) is 3.22. The first-order valence-corrected chi connectivity index (χ1v) is 6.84. The van der Waals surface area contributed by atoms with Crippen LogP contribution in [-0.2, 0) is 0 Å². The maximum Gasteiger partial charge on any atom is 0.141 e. The standard InChI is InChI=1S/C12H16BrFN2/c13-6-5-10-2-1-7-16(9-10)12-4-3-11(14)8-15-12/h3-4,8,10H,1-2,5-7,9H2. The zero-order valence-electron chi connectivity index (χ0n) is 9.20. The van der Waals surface area contributed by atoms with E-state index in [0.717, 1.165) is 30.2 Å². The van der Waals surface area contributed by atoms with Crippen LogP contribution >= 0.6 is 15.9 Å². The van der Waals surface area contributed by atoms with Gasteiger partial charge in [0.1, 0.15) is 11.6 Å². The molecular weight excluding hydrogens is 271 g/mol. The molecule has 0 N–H and O–H groups in total. The van der Waals surface area contributed by atoms with E-state index >= 15 is 0 Å². The van der Waals surface area contributed by atoms with E-state index in [-0.39, 0.29) is 5.82 Å². The second-order valence-corrected chi connectivity index (χ2v) is 5.06. The molecule has 1 aliphatic heterocycles. The fraction of sp³-hybridized carbons (Fsp3) is 0.583. The van der Waals surface area contributed by atoms with Gasteiger partial charge in [-0.1, -0.05) is 15.9 Å². The Labute approximate surface area is 104 Å². The molecule has 0 aliphatic carbocycles. The van der Waals surface area contributed by atoms with E-state index in [2.05, 4.69) is 25.8 Å². The van der Waals surface area contributed by atoms with Gasteiger partial charge in [0.25, 0.3) is 0 Å². The van der Waals surface area contributed by atoms with Crippen LogP contribution in [0.3, 0.4) is 0 Å². The van der Waals surface area contributed by atoms with Crippen molar-refractivity contribution in [2.24, 2.45) is 5.92 Å². The molecule has 1 unspecified atom stereocenters. The Morgan fingerprint density at radius 2 is 2.38 bits per heavy atom. The number of hydrogen-bond donors (Lipinski definition) is 0. The van der Waals surface area contributed by atoms with Crippen molar-refractivity contribution in [1.29, 1.82) is 0 Å². The van der Waals surface area contributed by atoms with Crippen molar-refractivity contribution >= 4 is 21.7 Å². The summed E-state index contributed by atoms with van der Waals surface area (Å²) < 4.78 is 12.8. The number of anilines is 1. The molecule has 16 heavy (non-hydrogen) atoms. The lowest BCUT2D eigenvalue weighted by molar-refractivity contribution is 0.406. The molecule has 1 saturated heterocycles. The fourth-order valence-corrected chi connectivity index (χ4v) is 2.87. The Hall–Kier alpha value is -0.640. The van der Waals surface area contributed by atoms with Crippen LogP contribution in [0.15, 0.2) is 18.3 Å². The highest BCUT2D eigenvalue weighted by Gasteiger charge is 2.20. The van der Waals surface area contributed by atoms with Crippen LogP contribution in [0.4, 0.5) is 10.2 Å². The number of aromatic nitrogens is 1. The molecule has 0 aromatic carbocycles. The van der Waals surface area contributed by atoms with Gasteiger partial charge in [-0.15, -0.1) is 0 Å². The van der Waals surface area contributed by atoms with Crippen LogP contribution in [0.1, 0.15) is 19.3 Å². The Morgan fingerprint density at radius 1 is 1.50 bits per heavy atom. The highest BCUT2D eigenvalue weighted by Crippen LogP contribution is 2.24. The normalized spacial score (nSPS) is 21.1. The molecule has 0 amide bonds. The van der Waals surface area contributed by atoms with E-state index in [1.54, 1.807) is 6.07 Å². The number of pyridine rings is 1. The lowest BCUT2D eigenvalue weighted by Crippen LogP contribution is -2.36. The van der Waals surface area contributed by atoms with Crippen LogP contribution in [0.2, 0.25) is 0 Å². The maximum absolute atomic E-state index is 12.8. The Kier molecular flexibility index (Phi) is 4.16. The number of rotatable bonds is 3. The van der Waals surface area contributed by atoms with Gasteiger partial charge in [-0.3, -0.25) is 0 Å². The second-order valence-electron chi connectivity index (χ2n) is 4.27. The second kappa shape index (κ2) is 5.62. The molecule has 0 saturated carbocycles. The zero-order chi connectivity index (χ0) is 11.4. The summed E-state index contributed by atoms with van der Waals surface area (Å²) in [7, 11) is 0. The summed E-state index contributed by atoms with van der Waals surface area (Å²) in [6.07, 6.45) is 5.00.